The van der Waals surface area contributed by atoms with Gasteiger partial charge in [-0.05, 0) is 57.1 Å². The first-order valence-corrected chi connectivity index (χ1v) is 11.6. The van der Waals surface area contributed by atoms with Crippen molar-refractivity contribution in [3.63, 3.8) is 0 Å². The van der Waals surface area contributed by atoms with Gasteiger partial charge < -0.3 is 10.2 Å². The Balaban J connectivity index is 1.71. The van der Waals surface area contributed by atoms with Gasteiger partial charge in [0.1, 0.15) is 10.3 Å². The zero-order valence-electron chi connectivity index (χ0n) is 16.5. The van der Waals surface area contributed by atoms with E-state index in [-0.39, 0.29) is 5.91 Å². The molecule has 1 atom stereocenters. The second-order valence-electron chi connectivity index (χ2n) is 7.36. The molecule has 1 aromatic carbocycles. The number of nitrogens with one attached hydrogen (secondary N) is 1. The molecule has 0 saturated carbocycles. The molecule has 3 rings (SSSR count). The number of rotatable bonds is 7. The molecule has 0 spiro atoms. The van der Waals surface area contributed by atoms with E-state index in [0.717, 1.165) is 22.5 Å². The maximum absolute atomic E-state index is 13.0. The van der Waals surface area contributed by atoms with E-state index in [2.05, 4.69) is 10.2 Å². The van der Waals surface area contributed by atoms with Gasteiger partial charge in [-0.15, -0.1) is 11.3 Å². The highest BCUT2D eigenvalue weighted by Gasteiger charge is 2.39. The Kier molecular flexibility index (Phi) is 6.54. The summed E-state index contributed by atoms with van der Waals surface area (Å²) in [6.45, 7) is 3.44. The molecule has 0 bridgehead atoms. The van der Waals surface area contributed by atoms with E-state index in [1.54, 1.807) is 12.1 Å². The molecule has 1 aromatic heterocycles. The van der Waals surface area contributed by atoms with Gasteiger partial charge in [0.15, 0.2) is 0 Å². The minimum atomic E-state index is -3.63. The van der Waals surface area contributed by atoms with E-state index < -0.39 is 16.1 Å². The molecule has 1 aliphatic heterocycles. The lowest BCUT2D eigenvalue weighted by Gasteiger charge is -2.23. The quantitative estimate of drug-likeness (QED) is 0.746. The summed E-state index contributed by atoms with van der Waals surface area (Å²) in [7, 11) is 0.371. The summed E-state index contributed by atoms with van der Waals surface area (Å²) in [5.74, 6) is -0.228. The number of hydrogen-bond donors (Lipinski definition) is 1. The standard InChI is InChI=1S/C20H27N3O3S2/c1-15-10-11-19(27-15)28(25,26)23-12-6-9-18(23)20(24)21-13-16-7-4-5-8-17(16)14-22(2)3/h4-5,7-8,10-11,18H,6,9,12-14H2,1-3H3,(H,21,24). The van der Waals surface area contributed by atoms with Crippen molar-refractivity contribution in [2.75, 3.05) is 20.6 Å². The Bertz CT molecular complexity index is 938. The Morgan fingerprint density at radius 2 is 1.93 bits per heavy atom. The molecule has 1 fully saturated rings. The molecule has 152 valence electrons. The van der Waals surface area contributed by atoms with Crippen LogP contribution in [0.15, 0.2) is 40.6 Å². The van der Waals surface area contributed by atoms with Crippen molar-refractivity contribution in [2.45, 2.75) is 43.1 Å². The molecule has 28 heavy (non-hydrogen) atoms. The zero-order chi connectivity index (χ0) is 20.3. The lowest BCUT2D eigenvalue weighted by atomic mass is 10.1. The fourth-order valence-electron chi connectivity index (χ4n) is 3.48. The van der Waals surface area contributed by atoms with Crippen LogP contribution in [-0.2, 0) is 27.9 Å². The predicted octanol–water partition coefficient (Wildman–Crippen LogP) is 2.59. The van der Waals surface area contributed by atoms with Crippen molar-refractivity contribution < 1.29 is 13.2 Å². The average molecular weight is 422 g/mol. The highest BCUT2D eigenvalue weighted by molar-refractivity contribution is 7.91. The van der Waals surface area contributed by atoms with Gasteiger partial charge in [0, 0.05) is 24.5 Å². The number of thiophene rings is 1. The van der Waals surface area contributed by atoms with Crippen molar-refractivity contribution in [2.24, 2.45) is 0 Å². The largest absolute Gasteiger partial charge is 0.351 e. The van der Waals surface area contributed by atoms with Crippen molar-refractivity contribution in [3.8, 4) is 0 Å². The van der Waals surface area contributed by atoms with Crippen LogP contribution < -0.4 is 5.32 Å². The van der Waals surface area contributed by atoms with Crippen LogP contribution in [0.3, 0.4) is 0 Å². The van der Waals surface area contributed by atoms with E-state index in [1.165, 1.54) is 15.6 Å². The van der Waals surface area contributed by atoms with Crippen LogP contribution in [0.25, 0.3) is 0 Å². The fraction of sp³-hybridized carbons (Fsp3) is 0.450. The third kappa shape index (κ3) is 4.63. The maximum atomic E-state index is 13.0. The third-order valence-corrected chi connectivity index (χ3v) is 8.22. The molecule has 8 heteroatoms. The predicted molar refractivity (Wildman–Crippen MR) is 112 cm³/mol. The van der Waals surface area contributed by atoms with Crippen molar-refractivity contribution in [1.82, 2.24) is 14.5 Å². The molecule has 0 aliphatic carbocycles. The summed E-state index contributed by atoms with van der Waals surface area (Å²) in [5, 5.41) is 2.95. The molecule has 2 aromatic rings. The van der Waals surface area contributed by atoms with Gasteiger partial charge in [0.25, 0.3) is 10.0 Å². The smallest absolute Gasteiger partial charge is 0.253 e. The average Bonchev–Trinajstić information content (AvgIpc) is 3.30. The number of benzene rings is 1. The first-order chi connectivity index (χ1) is 13.3. The zero-order valence-corrected chi connectivity index (χ0v) is 18.1. The number of amides is 1. The molecule has 1 aliphatic rings. The number of sulfonamides is 1. The lowest BCUT2D eigenvalue weighted by Crippen LogP contribution is -2.45. The van der Waals surface area contributed by atoms with Crippen LogP contribution in [0.1, 0.15) is 28.8 Å². The third-order valence-electron chi connectivity index (χ3n) is 4.84. The number of carbonyl (C=O) groups excluding carboxylic acids is 1. The van der Waals surface area contributed by atoms with Crippen LogP contribution in [-0.4, -0.2) is 50.2 Å². The van der Waals surface area contributed by atoms with Gasteiger partial charge >= 0.3 is 0 Å². The molecular formula is C20H27N3O3S2. The Hall–Kier alpha value is -1.74. The summed E-state index contributed by atoms with van der Waals surface area (Å²) in [5.41, 5.74) is 2.20. The molecule has 6 nitrogen and oxygen atoms in total. The number of aryl methyl sites for hydroxylation is 1. The molecule has 2 heterocycles. The monoisotopic (exact) mass is 421 g/mol. The molecule has 1 amide bonds. The van der Waals surface area contributed by atoms with Gasteiger partial charge in [0.2, 0.25) is 5.91 Å². The lowest BCUT2D eigenvalue weighted by molar-refractivity contribution is -0.124. The van der Waals surface area contributed by atoms with Crippen molar-refractivity contribution in [1.29, 1.82) is 0 Å². The van der Waals surface area contributed by atoms with Crippen molar-refractivity contribution >= 4 is 27.3 Å². The van der Waals surface area contributed by atoms with Gasteiger partial charge in [-0.25, -0.2) is 8.42 Å². The summed E-state index contributed by atoms with van der Waals surface area (Å²) < 4.78 is 27.6. The summed E-state index contributed by atoms with van der Waals surface area (Å²) in [6, 6.07) is 10.8. The summed E-state index contributed by atoms with van der Waals surface area (Å²) in [6.07, 6.45) is 1.24. The second kappa shape index (κ2) is 8.73. The first kappa shape index (κ1) is 21.0. The van der Waals surface area contributed by atoms with E-state index in [1.807, 2.05) is 45.3 Å². The normalized spacial score (nSPS) is 17.9. The Morgan fingerprint density at radius 3 is 2.57 bits per heavy atom. The van der Waals surface area contributed by atoms with Gasteiger partial charge in [0.05, 0.1) is 0 Å². The number of hydrogen-bond acceptors (Lipinski definition) is 5. The van der Waals surface area contributed by atoms with Crippen LogP contribution in [0.4, 0.5) is 0 Å². The first-order valence-electron chi connectivity index (χ1n) is 9.36. The summed E-state index contributed by atoms with van der Waals surface area (Å²) >= 11 is 1.25. The van der Waals surface area contributed by atoms with Crippen LogP contribution >= 0.6 is 11.3 Å². The van der Waals surface area contributed by atoms with Gasteiger partial charge in [-0.2, -0.15) is 4.31 Å². The van der Waals surface area contributed by atoms with E-state index in [9.17, 15) is 13.2 Å². The molecule has 1 unspecified atom stereocenters. The van der Waals surface area contributed by atoms with Crippen LogP contribution in [0.2, 0.25) is 0 Å². The molecule has 1 N–H and O–H groups in total. The SMILES string of the molecule is Cc1ccc(S(=O)(=O)N2CCCC2C(=O)NCc2ccccc2CN(C)C)s1. The molecule has 1 saturated heterocycles. The summed E-state index contributed by atoms with van der Waals surface area (Å²) in [4.78, 5) is 15.8. The van der Waals surface area contributed by atoms with E-state index in [4.69, 9.17) is 0 Å². The highest BCUT2D eigenvalue weighted by Crippen LogP contribution is 2.30. The van der Waals surface area contributed by atoms with Gasteiger partial charge in [-0.1, -0.05) is 24.3 Å². The molecular weight excluding hydrogens is 394 g/mol. The van der Waals surface area contributed by atoms with Crippen LogP contribution in [0, 0.1) is 6.92 Å². The Labute approximate surface area is 171 Å². The topological polar surface area (TPSA) is 69.7 Å². The van der Waals surface area contributed by atoms with E-state index in [0.29, 0.717) is 30.1 Å². The second-order valence-corrected chi connectivity index (χ2v) is 10.8. The minimum absolute atomic E-state index is 0.228. The van der Waals surface area contributed by atoms with Crippen LogP contribution in [0.5, 0.6) is 0 Å². The maximum Gasteiger partial charge on any atom is 0.253 e. The van der Waals surface area contributed by atoms with Gasteiger partial charge in [-0.3, -0.25) is 4.79 Å². The molecule has 0 radical (unpaired) electrons. The fourth-order valence-corrected chi connectivity index (χ4v) is 6.55. The Morgan fingerprint density at radius 1 is 1.21 bits per heavy atom. The minimum Gasteiger partial charge on any atom is -0.351 e. The highest BCUT2D eigenvalue weighted by atomic mass is 32.2. The number of nitrogens with zero attached hydrogens (tertiary/aromatic N) is 2. The number of carbonyl (C=O) groups is 1. The van der Waals surface area contributed by atoms with E-state index >= 15 is 0 Å². The van der Waals surface area contributed by atoms with Crippen molar-refractivity contribution in [3.05, 3.63) is 52.4 Å².